The molecular weight excluding hydrogens is 328 g/mol. The van der Waals surface area contributed by atoms with E-state index in [0.717, 1.165) is 18.3 Å². The number of aromatic nitrogens is 1. The van der Waals surface area contributed by atoms with Crippen molar-refractivity contribution in [2.24, 2.45) is 0 Å². The highest BCUT2D eigenvalue weighted by molar-refractivity contribution is 5.94. The molecule has 0 spiro atoms. The first-order valence-corrected chi connectivity index (χ1v) is 7.07. The predicted molar refractivity (Wildman–Crippen MR) is 76.0 cm³/mol. The third kappa shape index (κ3) is 3.47. The average molecular weight is 340 g/mol. The molecule has 2 aromatic rings. The van der Waals surface area contributed by atoms with Crippen LogP contribution in [0.25, 0.3) is 0 Å². The lowest BCUT2D eigenvalue weighted by Crippen LogP contribution is -2.56. The highest BCUT2D eigenvalue weighted by Crippen LogP contribution is 2.31. The quantitative estimate of drug-likeness (QED) is 0.806. The van der Waals surface area contributed by atoms with Crippen LogP contribution in [0.5, 0.6) is 5.88 Å². The van der Waals surface area contributed by atoms with Crippen LogP contribution in [0, 0.1) is 5.82 Å². The number of nitrogens with zero attached hydrogens (tertiary/aromatic N) is 2. The maximum Gasteiger partial charge on any atom is 0.416 e. The molecule has 1 aromatic carbocycles. The van der Waals surface area contributed by atoms with Gasteiger partial charge in [0.05, 0.1) is 18.7 Å². The Bertz CT molecular complexity index is 740. The summed E-state index contributed by atoms with van der Waals surface area (Å²) in [5, 5.41) is 0. The Hall–Kier alpha value is -2.64. The second kappa shape index (κ2) is 6.10. The molecule has 1 aromatic heterocycles. The van der Waals surface area contributed by atoms with Crippen LogP contribution in [-0.4, -0.2) is 35.0 Å². The lowest BCUT2D eigenvalue weighted by Gasteiger charge is -2.38. The zero-order valence-electron chi connectivity index (χ0n) is 12.3. The number of alkyl halides is 3. The fraction of sp³-hybridized carbons (Fsp3) is 0.250. The third-order valence-electron chi connectivity index (χ3n) is 3.58. The maximum atomic E-state index is 12.8. The molecule has 1 amide bonds. The summed E-state index contributed by atoms with van der Waals surface area (Å²) in [5.41, 5.74) is -0.502. The van der Waals surface area contributed by atoms with Crippen molar-refractivity contribution < 1.29 is 27.1 Å². The Labute approximate surface area is 134 Å². The first-order chi connectivity index (χ1) is 11.3. The van der Waals surface area contributed by atoms with Gasteiger partial charge in [-0.1, -0.05) is 0 Å². The lowest BCUT2D eigenvalue weighted by atomic mass is 10.1. The summed E-state index contributed by atoms with van der Waals surface area (Å²) in [7, 11) is 0. The number of carbonyl (C=O) groups is 1. The van der Waals surface area contributed by atoms with E-state index >= 15 is 0 Å². The highest BCUT2D eigenvalue weighted by Gasteiger charge is 2.34. The van der Waals surface area contributed by atoms with Crippen molar-refractivity contribution >= 4 is 5.91 Å². The normalized spacial score (nSPS) is 15.1. The molecule has 0 radical (unpaired) electrons. The minimum atomic E-state index is -4.47. The van der Waals surface area contributed by atoms with Gasteiger partial charge in [0.15, 0.2) is 0 Å². The topological polar surface area (TPSA) is 42.4 Å². The second-order valence-electron chi connectivity index (χ2n) is 5.34. The van der Waals surface area contributed by atoms with Gasteiger partial charge >= 0.3 is 6.18 Å². The zero-order valence-corrected chi connectivity index (χ0v) is 12.3. The van der Waals surface area contributed by atoms with Crippen molar-refractivity contribution in [3.8, 4) is 5.88 Å². The molecule has 1 aliphatic heterocycles. The molecule has 0 bridgehead atoms. The van der Waals surface area contributed by atoms with Gasteiger partial charge in [0.1, 0.15) is 11.9 Å². The molecule has 8 heteroatoms. The molecule has 1 aliphatic rings. The number of rotatable bonds is 3. The number of pyridine rings is 1. The average Bonchev–Trinajstić information content (AvgIpc) is 2.50. The zero-order chi connectivity index (χ0) is 17.3. The Morgan fingerprint density at radius 3 is 2.46 bits per heavy atom. The van der Waals surface area contributed by atoms with E-state index in [1.54, 1.807) is 0 Å². The number of hydrogen-bond donors (Lipinski definition) is 0. The van der Waals surface area contributed by atoms with Crippen molar-refractivity contribution in [3.05, 3.63) is 59.5 Å². The fourth-order valence-corrected chi connectivity index (χ4v) is 2.27. The summed E-state index contributed by atoms with van der Waals surface area (Å²) >= 11 is 0. The first kappa shape index (κ1) is 16.2. The van der Waals surface area contributed by atoms with Crippen LogP contribution in [-0.2, 0) is 6.18 Å². The lowest BCUT2D eigenvalue weighted by molar-refractivity contribution is -0.137. The largest absolute Gasteiger partial charge is 0.471 e. The number of carbonyl (C=O) groups excluding carboxylic acids is 1. The molecule has 126 valence electrons. The molecule has 0 atom stereocenters. The molecule has 0 aliphatic carbocycles. The van der Waals surface area contributed by atoms with Crippen LogP contribution in [0.15, 0.2) is 42.6 Å². The summed E-state index contributed by atoms with van der Waals surface area (Å²) in [4.78, 5) is 17.3. The molecule has 4 nitrogen and oxygen atoms in total. The predicted octanol–water partition coefficient (Wildman–Crippen LogP) is 3.14. The maximum absolute atomic E-state index is 12.8. The van der Waals surface area contributed by atoms with E-state index < -0.39 is 23.7 Å². The molecule has 0 saturated carbocycles. The van der Waals surface area contributed by atoms with E-state index in [2.05, 4.69) is 4.98 Å². The van der Waals surface area contributed by atoms with Gasteiger partial charge in [0.2, 0.25) is 5.88 Å². The van der Waals surface area contributed by atoms with Gasteiger partial charge in [-0.3, -0.25) is 4.79 Å². The van der Waals surface area contributed by atoms with Gasteiger partial charge in [-0.05, 0) is 30.3 Å². The number of benzene rings is 1. The van der Waals surface area contributed by atoms with Gasteiger partial charge in [0, 0.05) is 17.8 Å². The number of likely N-dealkylation sites (tertiary alicyclic amines) is 1. The minimum absolute atomic E-state index is 0.135. The Morgan fingerprint density at radius 2 is 1.83 bits per heavy atom. The summed E-state index contributed by atoms with van der Waals surface area (Å²) in [5.74, 6) is -0.859. The van der Waals surface area contributed by atoms with E-state index in [-0.39, 0.29) is 24.9 Å². The Balaban J connectivity index is 1.57. The van der Waals surface area contributed by atoms with Crippen LogP contribution >= 0.6 is 0 Å². The summed E-state index contributed by atoms with van der Waals surface area (Å²) in [6.45, 7) is 0.461. The number of halogens is 4. The molecule has 0 N–H and O–H groups in total. The van der Waals surface area contributed by atoms with Crippen LogP contribution < -0.4 is 4.74 Å². The van der Waals surface area contributed by atoms with Crippen molar-refractivity contribution in [1.29, 1.82) is 0 Å². The van der Waals surface area contributed by atoms with E-state index in [4.69, 9.17) is 4.74 Å². The molecule has 3 rings (SSSR count). The van der Waals surface area contributed by atoms with Crippen molar-refractivity contribution in [2.45, 2.75) is 12.3 Å². The number of ether oxygens (including phenoxy) is 1. The monoisotopic (exact) mass is 340 g/mol. The molecule has 24 heavy (non-hydrogen) atoms. The van der Waals surface area contributed by atoms with Crippen LogP contribution in [0.2, 0.25) is 0 Å². The standard InChI is InChI=1S/C16H12F4N2O2/c17-12-3-1-10(2-4-12)15(23)22-8-13(9-22)24-14-7-11(5-6-21-14)16(18,19)20/h1-7,13H,8-9H2. The van der Waals surface area contributed by atoms with Crippen LogP contribution in [0.1, 0.15) is 15.9 Å². The van der Waals surface area contributed by atoms with Gasteiger partial charge in [-0.2, -0.15) is 13.2 Å². The van der Waals surface area contributed by atoms with Gasteiger partial charge in [-0.25, -0.2) is 9.37 Å². The van der Waals surface area contributed by atoms with Crippen LogP contribution in [0.4, 0.5) is 17.6 Å². The number of amides is 1. The second-order valence-corrected chi connectivity index (χ2v) is 5.34. The van der Waals surface area contributed by atoms with E-state index in [9.17, 15) is 22.4 Å². The van der Waals surface area contributed by atoms with Crippen molar-refractivity contribution in [3.63, 3.8) is 0 Å². The Morgan fingerprint density at radius 1 is 1.17 bits per heavy atom. The minimum Gasteiger partial charge on any atom is -0.471 e. The van der Waals surface area contributed by atoms with E-state index in [1.165, 1.54) is 29.2 Å². The molecule has 1 fully saturated rings. The highest BCUT2D eigenvalue weighted by atomic mass is 19.4. The fourth-order valence-electron chi connectivity index (χ4n) is 2.27. The van der Waals surface area contributed by atoms with Gasteiger partial charge < -0.3 is 9.64 Å². The molecule has 1 saturated heterocycles. The molecular formula is C16H12F4N2O2. The van der Waals surface area contributed by atoms with Gasteiger partial charge in [0.25, 0.3) is 5.91 Å². The summed E-state index contributed by atoms with van der Waals surface area (Å²) in [6.07, 6.45) is -3.87. The van der Waals surface area contributed by atoms with Crippen molar-refractivity contribution in [1.82, 2.24) is 9.88 Å². The molecule has 0 unspecified atom stereocenters. The van der Waals surface area contributed by atoms with Crippen molar-refractivity contribution in [2.75, 3.05) is 13.1 Å². The number of hydrogen-bond acceptors (Lipinski definition) is 3. The first-order valence-electron chi connectivity index (χ1n) is 7.07. The van der Waals surface area contributed by atoms with E-state index in [1.807, 2.05) is 0 Å². The van der Waals surface area contributed by atoms with E-state index in [0.29, 0.717) is 5.56 Å². The van der Waals surface area contributed by atoms with Gasteiger partial charge in [-0.15, -0.1) is 0 Å². The molecule has 2 heterocycles. The SMILES string of the molecule is O=C(c1ccc(F)cc1)N1CC(Oc2cc(C(F)(F)F)ccn2)C1. The third-order valence-corrected chi connectivity index (χ3v) is 3.58. The summed E-state index contributed by atoms with van der Waals surface area (Å²) < 4.78 is 56.1. The van der Waals surface area contributed by atoms with Crippen LogP contribution in [0.3, 0.4) is 0 Å². The smallest absolute Gasteiger partial charge is 0.416 e. The summed E-state index contributed by atoms with van der Waals surface area (Å²) in [6, 6.07) is 6.81. The Kier molecular flexibility index (Phi) is 4.13.